The van der Waals surface area contributed by atoms with Gasteiger partial charge in [-0.05, 0) is 67.2 Å². The molecule has 132 valence electrons. The Morgan fingerprint density at radius 2 is 2.04 bits per heavy atom. The van der Waals surface area contributed by atoms with E-state index < -0.39 is 0 Å². The standard InChI is InChI=1S/C20H25N3OS/c1-24-18-4-5-20-16(10-18)9-17(22-20)11-21-12-19-8-15(14-25-19)13-23-6-2-3-7-23/h4-5,8-10,14,21-22H,2-3,6-7,11-13H2,1H3. The van der Waals surface area contributed by atoms with E-state index in [1.165, 1.54) is 47.5 Å². The normalized spacial score (nSPS) is 15.2. The lowest BCUT2D eigenvalue weighted by Gasteiger charge is -2.12. The van der Waals surface area contributed by atoms with E-state index in [-0.39, 0.29) is 0 Å². The number of nitrogens with one attached hydrogen (secondary N) is 2. The van der Waals surface area contributed by atoms with Crippen molar-refractivity contribution in [2.24, 2.45) is 0 Å². The highest BCUT2D eigenvalue weighted by atomic mass is 32.1. The molecule has 1 fully saturated rings. The van der Waals surface area contributed by atoms with Crippen molar-refractivity contribution < 1.29 is 4.74 Å². The molecule has 1 aliphatic heterocycles. The number of likely N-dealkylation sites (tertiary alicyclic amines) is 1. The fourth-order valence-corrected chi connectivity index (χ4v) is 4.36. The number of nitrogens with zero attached hydrogens (tertiary/aromatic N) is 1. The molecular formula is C20H25N3OS. The lowest BCUT2D eigenvalue weighted by molar-refractivity contribution is 0.332. The van der Waals surface area contributed by atoms with Crippen molar-refractivity contribution >= 4 is 22.2 Å². The number of thiophene rings is 1. The molecular weight excluding hydrogens is 330 g/mol. The van der Waals surface area contributed by atoms with Gasteiger partial charge in [0.25, 0.3) is 0 Å². The number of ether oxygens (including phenoxy) is 1. The number of fused-ring (bicyclic) bond motifs is 1. The first kappa shape index (κ1) is 16.6. The second kappa shape index (κ2) is 7.60. The van der Waals surface area contributed by atoms with Crippen LogP contribution in [0.4, 0.5) is 0 Å². The molecule has 3 heterocycles. The summed E-state index contributed by atoms with van der Waals surface area (Å²) >= 11 is 1.86. The molecule has 2 N–H and O–H groups in total. The van der Waals surface area contributed by atoms with Crippen LogP contribution < -0.4 is 10.1 Å². The fourth-order valence-electron chi connectivity index (χ4n) is 3.51. The van der Waals surface area contributed by atoms with E-state index in [1.54, 1.807) is 7.11 Å². The summed E-state index contributed by atoms with van der Waals surface area (Å²) < 4.78 is 5.29. The van der Waals surface area contributed by atoms with Gasteiger partial charge in [0.05, 0.1) is 7.11 Å². The molecule has 0 spiro atoms. The van der Waals surface area contributed by atoms with E-state index in [0.717, 1.165) is 30.9 Å². The van der Waals surface area contributed by atoms with Gasteiger partial charge in [-0.15, -0.1) is 11.3 Å². The topological polar surface area (TPSA) is 40.3 Å². The van der Waals surface area contributed by atoms with Crippen molar-refractivity contribution in [1.29, 1.82) is 0 Å². The number of aromatic amines is 1. The fraction of sp³-hybridized carbons (Fsp3) is 0.400. The molecule has 2 aromatic heterocycles. The Bertz CT molecular complexity index is 832. The number of aromatic nitrogens is 1. The van der Waals surface area contributed by atoms with Crippen molar-refractivity contribution in [3.63, 3.8) is 0 Å². The summed E-state index contributed by atoms with van der Waals surface area (Å²) in [6.45, 7) is 5.39. The lowest BCUT2D eigenvalue weighted by Crippen LogP contribution is -2.17. The highest BCUT2D eigenvalue weighted by Crippen LogP contribution is 2.22. The summed E-state index contributed by atoms with van der Waals surface area (Å²) in [7, 11) is 1.70. The lowest BCUT2D eigenvalue weighted by atomic mass is 10.2. The SMILES string of the molecule is COc1ccc2[nH]c(CNCc3cc(CN4CCCC4)cs3)cc2c1. The quantitative estimate of drug-likeness (QED) is 0.670. The van der Waals surface area contributed by atoms with Crippen molar-refractivity contribution in [3.05, 3.63) is 51.8 Å². The monoisotopic (exact) mass is 355 g/mol. The Morgan fingerprint density at radius 1 is 1.16 bits per heavy atom. The number of rotatable bonds is 7. The molecule has 0 radical (unpaired) electrons. The number of hydrogen-bond acceptors (Lipinski definition) is 4. The summed E-state index contributed by atoms with van der Waals surface area (Å²) in [5.41, 5.74) is 3.82. The van der Waals surface area contributed by atoms with Gasteiger partial charge in [0.2, 0.25) is 0 Å². The van der Waals surface area contributed by atoms with Crippen LogP contribution in [0.1, 0.15) is 29.0 Å². The molecule has 0 unspecified atom stereocenters. The van der Waals surface area contributed by atoms with Crippen LogP contribution in [-0.2, 0) is 19.6 Å². The van der Waals surface area contributed by atoms with Crippen LogP contribution >= 0.6 is 11.3 Å². The van der Waals surface area contributed by atoms with Crippen molar-refractivity contribution in [3.8, 4) is 5.75 Å². The van der Waals surface area contributed by atoms with Crippen LogP contribution in [0.2, 0.25) is 0 Å². The highest BCUT2D eigenvalue weighted by molar-refractivity contribution is 7.10. The molecule has 1 aliphatic rings. The second-order valence-corrected chi connectivity index (χ2v) is 7.75. The molecule has 0 saturated carbocycles. The number of methoxy groups -OCH3 is 1. The van der Waals surface area contributed by atoms with Gasteiger partial charge in [-0.3, -0.25) is 4.90 Å². The number of benzene rings is 1. The predicted molar refractivity (Wildman–Crippen MR) is 104 cm³/mol. The second-order valence-electron chi connectivity index (χ2n) is 6.76. The zero-order valence-electron chi connectivity index (χ0n) is 14.7. The molecule has 0 atom stereocenters. The van der Waals surface area contributed by atoms with Gasteiger partial charge in [-0.2, -0.15) is 0 Å². The van der Waals surface area contributed by atoms with Gasteiger partial charge in [0.1, 0.15) is 5.75 Å². The molecule has 5 heteroatoms. The maximum absolute atomic E-state index is 5.29. The Labute approximate surface area is 152 Å². The zero-order chi connectivity index (χ0) is 17.1. The van der Waals surface area contributed by atoms with E-state index in [4.69, 9.17) is 4.74 Å². The number of H-pyrrole nitrogens is 1. The minimum atomic E-state index is 0.844. The van der Waals surface area contributed by atoms with E-state index in [2.05, 4.69) is 44.8 Å². The summed E-state index contributed by atoms with van der Waals surface area (Å²) in [4.78, 5) is 7.43. The van der Waals surface area contributed by atoms with Crippen LogP contribution in [0.15, 0.2) is 35.7 Å². The van der Waals surface area contributed by atoms with Crippen LogP contribution in [-0.4, -0.2) is 30.1 Å². The molecule has 3 aromatic rings. The largest absolute Gasteiger partial charge is 0.497 e. The molecule has 1 aromatic carbocycles. The average molecular weight is 356 g/mol. The minimum absolute atomic E-state index is 0.844. The Hall–Kier alpha value is -1.82. The summed E-state index contributed by atoms with van der Waals surface area (Å²) in [6.07, 6.45) is 2.71. The van der Waals surface area contributed by atoms with Crippen LogP contribution in [0.3, 0.4) is 0 Å². The smallest absolute Gasteiger partial charge is 0.119 e. The van der Waals surface area contributed by atoms with Crippen molar-refractivity contribution in [2.45, 2.75) is 32.5 Å². The Balaban J connectivity index is 1.30. The first-order valence-electron chi connectivity index (χ1n) is 8.95. The molecule has 0 bridgehead atoms. The minimum Gasteiger partial charge on any atom is -0.497 e. The van der Waals surface area contributed by atoms with Gasteiger partial charge in [0, 0.05) is 41.1 Å². The molecule has 4 nitrogen and oxygen atoms in total. The van der Waals surface area contributed by atoms with Gasteiger partial charge >= 0.3 is 0 Å². The maximum Gasteiger partial charge on any atom is 0.119 e. The molecule has 0 aliphatic carbocycles. The summed E-state index contributed by atoms with van der Waals surface area (Å²) in [5, 5.41) is 7.05. The first-order valence-corrected chi connectivity index (χ1v) is 9.83. The third kappa shape index (κ3) is 4.06. The summed E-state index contributed by atoms with van der Waals surface area (Å²) in [6, 6.07) is 10.7. The van der Waals surface area contributed by atoms with E-state index in [1.807, 2.05) is 17.4 Å². The van der Waals surface area contributed by atoms with Crippen LogP contribution in [0.5, 0.6) is 5.75 Å². The summed E-state index contributed by atoms with van der Waals surface area (Å²) in [5.74, 6) is 0.898. The maximum atomic E-state index is 5.29. The Kier molecular flexibility index (Phi) is 5.06. The van der Waals surface area contributed by atoms with Gasteiger partial charge in [0.15, 0.2) is 0 Å². The highest BCUT2D eigenvalue weighted by Gasteiger charge is 2.12. The third-order valence-electron chi connectivity index (χ3n) is 4.81. The zero-order valence-corrected chi connectivity index (χ0v) is 15.5. The Morgan fingerprint density at radius 3 is 2.88 bits per heavy atom. The predicted octanol–water partition coefficient (Wildman–Crippen LogP) is 4.12. The van der Waals surface area contributed by atoms with Gasteiger partial charge in [-0.1, -0.05) is 0 Å². The molecule has 0 amide bonds. The average Bonchev–Trinajstić information content (AvgIpc) is 3.35. The van der Waals surface area contributed by atoms with Crippen molar-refractivity contribution in [2.75, 3.05) is 20.2 Å². The molecule has 25 heavy (non-hydrogen) atoms. The van der Waals surface area contributed by atoms with E-state index >= 15 is 0 Å². The third-order valence-corrected chi connectivity index (χ3v) is 5.80. The van der Waals surface area contributed by atoms with Gasteiger partial charge < -0.3 is 15.0 Å². The molecule has 1 saturated heterocycles. The van der Waals surface area contributed by atoms with E-state index in [0.29, 0.717) is 0 Å². The first-order chi connectivity index (χ1) is 12.3. The van der Waals surface area contributed by atoms with Crippen LogP contribution in [0, 0.1) is 0 Å². The van der Waals surface area contributed by atoms with Crippen molar-refractivity contribution in [1.82, 2.24) is 15.2 Å². The van der Waals surface area contributed by atoms with Gasteiger partial charge in [-0.25, -0.2) is 0 Å². The number of hydrogen-bond donors (Lipinski definition) is 2. The van der Waals surface area contributed by atoms with Crippen LogP contribution in [0.25, 0.3) is 10.9 Å². The molecule has 4 rings (SSSR count). The van der Waals surface area contributed by atoms with E-state index in [9.17, 15) is 0 Å².